The van der Waals surface area contributed by atoms with Gasteiger partial charge in [0.1, 0.15) is 6.61 Å². The van der Waals surface area contributed by atoms with E-state index in [4.69, 9.17) is 4.74 Å². The third kappa shape index (κ3) is 4.90. The molecule has 162 valence electrons. The summed E-state index contributed by atoms with van der Waals surface area (Å²) < 4.78 is 7.21. The van der Waals surface area contributed by atoms with Gasteiger partial charge in [0.25, 0.3) is 0 Å². The zero-order chi connectivity index (χ0) is 21.6. The topological polar surface area (TPSA) is 59.4 Å². The lowest BCUT2D eigenvalue weighted by atomic mass is 9.88. The van der Waals surface area contributed by atoms with Gasteiger partial charge in [-0.25, -0.2) is 9.78 Å². The first-order valence-electron chi connectivity index (χ1n) is 11.0. The Morgan fingerprint density at radius 1 is 1.03 bits per heavy atom. The third-order valence-corrected chi connectivity index (χ3v) is 6.05. The molecule has 1 amide bonds. The van der Waals surface area contributed by atoms with Crippen LogP contribution >= 0.6 is 0 Å². The molecule has 0 radical (unpaired) electrons. The number of benzene rings is 2. The van der Waals surface area contributed by atoms with Crippen LogP contribution in [0.2, 0.25) is 0 Å². The third-order valence-electron chi connectivity index (χ3n) is 6.05. The van der Waals surface area contributed by atoms with Gasteiger partial charge in [-0.3, -0.25) is 0 Å². The monoisotopic (exact) mass is 418 g/mol. The molecule has 0 aliphatic carbocycles. The fourth-order valence-corrected chi connectivity index (χ4v) is 4.27. The zero-order valence-electron chi connectivity index (χ0n) is 18.2. The van der Waals surface area contributed by atoms with Crippen molar-refractivity contribution in [2.75, 3.05) is 18.5 Å². The Morgan fingerprint density at radius 2 is 1.71 bits per heavy atom. The molecule has 1 aliphatic heterocycles. The Labute approximate surface area is 183 Å². The number of anilines is 2. The fraction of sp³-hybridized carbons (Fsp3) is 0.360. The number of nitrogens with one attached hydrogen (secondary N) is 1. The lowest BCUT2D eigenvalue weighted by Gasteiger charge is -2.27. The van der Waals surface area contributed by atoms with Crippen molar-refractivity contribution in [2.45, 2.75) is 39.3 Å². The number of aromatic nitrogens is 2. The number of ether oxygens (including phenoxy) is 1. The van der Waals surface area contributed by atoms with Crippen molar-refractivity contribution in [1.82, 2.24) is 14.5 Å². The quantitative estimate of drug-likeness (QED) is 0.491. The van der Waals surface area contributed by atoms with Crippen LogP contribution in [0, 0.1) is 5.92 Å². The van der Waals surface area contributed by atoms with Crippen molar-refractivity contribution >= 4 is 17.5 Å². The van der Waals surface area contributed by atoms with Gasteiger partial charge in [0, 0.05) is 30.3 Å². The summed E-state index contributed by atoms with van der Waals surface area (Å²) in [5.74, 6) is 0.563. The number of carbonyl (C=O) groups excluding carboxylic acids is 1. The summed E-state index contributed by atoms with van der Waals surface area (Å²) in [6.07, 6.45) is 7.84. The summed E-state index contributed by atoms with van der Waals surface area (Å²) in [5, 5.41) is 3.47. The summed E-state index contributed by atoms with van der Waals surface area (Å²) >= 11 is 0. The molecule has 6 heteroatoms. The Balaban J connectivity index is 1.43. The number of cyclic esters (lactones) is 1. The van der Waals surface area contributed by atoms with Crippen LogP contribution in [0.25, 0.3) is 0 Å². The molecule has 1 aliphatic rings. The van der Waals surface area contributed by atoms with E-state index in [0.717, 1.165) is 29.8 Å². The molecule has 0 bridgehead atoms. The molecule has 1 saturated heterocycles. The van der Waals surface area contributed by atoms with Crippen LogP contribution in [0.4, 0.5) is 16.2 Å². The van der Waals surface area contributed by atoms with Crippen molar-refractivity contribution in [3.63, 3.8) is 0 Å². The molecule has 2 heterocycles. The van der Waals surface area contributed by atoms with E-state index in [9.17, 15) is 4.79 Å². The van der Waals surface area contributed by atoms with Crippen LogP contribution in [0.3, 0.4) is 0 Å². The minimum Gasteiger partial charge on any atom is -0.448 e. The molecule has 0 spiro atoms. The Bertz CT molecular complexity index is 964. The number of nitrogens with zero attached hydrogens (tertiary/aromatic N) is 3. The van der Waals surface area contributed by atoms with E-state index in [2.05, 4.69) is 59.2 Å². The summed E-state index contributed by atoms with van der Waals surface area (Å²) in [5.41, 5.74) is 4.46. The molecule has 1 atom stereocenters. The largest absolute Gasteiger partial charge is 0.448 e. The highest BCUT2D eigenvalue weighted by atomic mass is 16.6. The van der Waals surface area contributed by atoms with Crippen molar-refractivity contribution in [3.05, 3.63) is 78.4 Å². The first-order valence-corrected chi connectivity index (χ1v) is 11.0. The van der Waals surface area contributed by atoms with Gasteiger partial charge in [-0.1, -0.05) is 51.0 Å². The number of hydrogen-bond donors (Lipinski definition) is 1. The van der Waals surface area contributed by atoms with E-state index in [0.29, 0.717) is 31.7 Å². The van der Waals surface area contributed by atoms with E-state index in [1.807, 2.05) is 36.8 Å². The van der Waals surface area contributed by atoms with Crippen LogP contribution < -0.4 is 5.32 Å². The maximum atomic E-state index is 11.6. The van der Waals surface area contributed by atoms with Crippen molar-refractivity contribution in [3.8, 4) is 0 Å². The van der Waals surface area contributed by atoms with Gasteiger partial charge in [-0.2, -0.15) is 0 Å². The van der Waals surface area contributed by atoms with Gasteiger partial charge < -0.3 is 19.5 Å². The fourth-order valence-electron chi connectivity index (χ4n) is 4.27. The second-order valence-electron chi connectivity index (χ2n) is 8.01. The number of hydrogen-bond acceptors (Lipinski definition) is 4. The predicted octanol–water partition coefficient (Wildman–Crippen LogP) is 5.60. The number of carbonyl (C=O) groups is 1. The average Bonchev–Trinajstić information content (AvgIpc) is 3.46. The normalized spacial score (nSPS) is 14.7. The lowest BCUT2D eigenvalue weighted by molar-refractivity contribution is 0.157. The molecule has 1 fully saturated rings. The molecule has 1 aromatic heterocycles. The molecular formula is C25H30N4O2. The van der Waals surface area contributed by atoms with E-state index in [1.54, 1.807) is 4.90 Å². The van der Waals surface area contributed by atoms with Crippen LogP contribution in [0.1, 0.15) is 43.9 Å². The number of imidazole rings is 1. The van der Waals surface area contributed by atoms with Crippen LogP contribution in [-0.4, -0.2) is 33.7 Å². The van der Waals surface area contributed by atoms with E-state index < -0.39 is 0 Å². The van der Waals surface area contributed by atoms with Gasteiger partial charge in [-0.05, 0) is 41.3 Å². The highest BCUT2D eigenvalue weighted by molar-refractivity contribution is 5.69. The molecule has 1 unspecified atom stereocenters. The maximum Gasteiger partial charge on any atom is 0.410 e. The standard InChI is InChI=1S/C25H30N4O2/c1-3-20(4-2)24(29-14-13-26-18-29)21-7-11-23(12-8-21)27-22-9-5-19(6-10-22)17-28-15-16-31-25(28)30/h5-14,18,20,24,27H,3-4,15-17H2,1-2H3. The SMILES string of the molecule is CCC(CC)C(c1ccc(Nc2ccc(CN3CCOC3=O)cc2)cc1)n1ccnc1. The lowest BCUT2D eigenvalue weighted by Crippen LogP contribution is -2.23. The van der Waals surface area contributed by atoms with Crippen molar-refractivity contribution in [2.24, 2.45) is 5.92 Å². The van der Waals surface area contributed by atoms with Gasteiger partial charge in [0.2, 0.25) is 0 Å². The van der Waals surface area contributed by atoms with E-state index in [-0.39, 0.29) is 6.09 Å². The Morgan fingerprint density at radius 3 is 2.26 bits per heavy atom. The Hall–Kier alpha value is -3.28. The molecule has 3 aromatic rings. The van der Waals surface area contributed by atoms with Crippen LogP contribution in [0.15, 0.2) is 67.3 Å². The number of amides is 1. The van der Waals surface area contributed by atoms with E-state index in [1.165, 1.54) is 5.56 Å². The first-order chi connectivity index (χ1) is 15.2. The van der Waals surface area contributed by atoms with Crippen LogP contribution in [0.5, 0.6) is 0 Å². The van der Waals surface area contributed by atoms with Gasteiger partial charge in [0.05, 0.1) is 18.9 Å². The van der Waals surface area contributed by atoms with E-state index >= 15 is 0 Å². The minimum absolute atomic E-state index is 0.232. The van der Waals surface area contributed by atoms with Crippen molar-refractivity contribution < 1.29 is 9.53 Å². The summed E-state index contributed by atoms with van der Waals surface area (Å²) in [4.78, 5) is 17.6. The summed E-state index contributed by atoms with van der Waals surface area (Å²) in [7, 11) is 0. The second kappa shape index (κ2) is 9.69. The highest BCUT2D eigenvalue weighted by Gasteiger charge is 2.22. The second-order valence-corrected chi connectivity index (χ2v) is 8.01. The zero-order valence-corrected chi connectivity index (χ0v) is 18.2. The molecular weight excluding hydrogens is 388 g/mol. The van der Waals surface area contributed by atoms with Gasteiger partial charge in [-0.15, -0.1) is 0 Å². The highest BCUT2D eigenvalue weighted by Crippen LogP contribution is 2.32. The van der Waals surface area contributed by atoms with Gasteiger partial charge in [0.15, 0.2) is 0 Å². The minimum atomic E-state index is -0.232. The predicted molar refractivity (Wildman–Crippen MR) is 122 cm³/mol. The van der Waals surface area contributed by atoms with Gasteiger partial charge >= 0.3 is 6.09 Å². The molecule has 2 aromatic carbocycles. The summed E-state index contributed by atoms with van der Waals surface area (Å²) in [6.45, 7) is 6.23. The molecule has 6 nitrogen and oxygen atoms in total. The van der Waals surface area contributed by atoms with Crippen LogP contribution in [-0.2, 0) is 11.3 Å². The first kappa shape index (κ1) is 21.0. The van der Waals surface area contributed by atoms with Crippen molar-refractivity contribution in [1.29, 1.82) is 0 Å². The smallest absolute Gasteiger partial charge is 0.410 e. The summed E-state index contributed by atoms with van der Waals surface area (Å²) in [6, 6.07) is 17.2. The molecule has 1 N–H and O–H groups in total. The average molecular weight is 419 g/mol. The maximum absolute atomic E-state index is 11.6. The number of rotatable bonds is 9. The molecule has 31 heavy (non-hydrogen) atoms. The Kier molecular flexibility index (Phi) is 6.55. The molecule has 4 rings (SSSR count). The molecule has 0 saturated carbocycles.